The van der Waals surface area contributed by atoms with Crippen LogP contribution in [0.2, 0.25) is 5.02 Å². The van der Waals surface area contributed by atoms with Gasteiger partial charge in [-0.15, -0.1) is 12.4 Å². The van der Waals surface area contributed by atoms with Gasteiger partial charge >= 0.3 is 0 Å². The van der Waals surface area contributed by atoms with E-state index in [0.29, 0.717) is 11.6 Å². The number of rotatable bonds is 5. The van der Waals surface area contributed by atoms with Gasteiger partial charge in [-0.3, -0.25) is 4.79 Å². The van der Waals surface area contributed by atoms with Gasteiger partial charge < -0.3 is 10.6 Å². The molecule has 0 heterocycles. The molecular weight excluding hydrogens is 271 g/mol. The largest absolute Gasteiger partial charge is 0.354 e. The summed E-state index contributed by atoms with van der Waals surface area (Å²) in [6.07, 6.45) is 1.86. The second-order valence-electron chi connectivity index (χ2n) is 4.45. The summed E-state index contributed by atoms with van der Waals surface area (Å²) < 4.78 is 0. The molecular formula is C13H18Cl2N2O. The Kier molecular flexibility index (Phi) is 5.45. The van der Waals surface area contributed by atoms with Gasteiger partial charge in [0.25, 0.3) is 0 Å². The van der Waals surface area contributed by atoms with Crippen LogP contribution in [0, 0.1) is 0 Å². The van der Waals surface area contributed by atoms with E-state index in [4.69, 9.17) is 11.6 Å². The van der Waals surface area contributed by atoms with E-state index in [1.165, 1.54) is 0 Å². The molecule has 1 aliphatic carbocycles. The first-order valence-electron chi connectivity index (χ1n) is 5.88. The molecule has 1 saturated carbocycles. The Labute approximate surface area is 119 Å². The number of carbonyl (C=O) groups excluding carboxylic acids is 1. The number of amides is 1. The highest BCUT2D eigenvalue weighted by molar-refractivity contribution is 6.30. The van der Waals surface area contributed by atoms with Crippen LogP contribution < -0.4 is 10.6 Å². The average molecular weight is 289 g/mol. The molecule has 1 aliphatic rings. The van der Waals surface area contributed by atoms with Crippen LogP contribution in [0.15, 0.2) is 24.3 Å². The lowest BCUT2D eigenvalue weighted by molar-refractivity contribution is -0.123. The predicted molar refractivity (Wildman–Crippen MR) is 76.5 cm³/mol. The zero-order chi connectivity index (χ0) is 12.3. The van der Waals surface area contributed by atoms with Gasteiger partial charge in [0.1, 0.15) is 0 Å². The van der Waals surface area contributed by atoms with Gasteiger partial charge in [-0.25, -0.2) is 0 Å². The van der Waals surface area contributed by atoms with E-state index < -0.39 is 0 Å². The van der Waals surface area contributed by atoms with E-state index in [1.54, 1.807) is 0 Å². The number of benzene rings is 1. The van der Waals surface area contributed by atoms with Crippen LogP contribution in [0.1, 0.15) is 18.4 Å². The third-order valence-electron chi connectivity index (χ3n) is 3.24. The molecule has 1 fully saturated rings. The summed E-state index contributed by atoms with van der Waals surface area (Å²) in [6, 6.07) is 7.59. The van der Waals surface area contributed by atoms with Crippen molar-refractivity contribution in [1.82, 2.24) is 10.6 Å². The van der Waals surface area contributed by atoms with Gasteiger partial charge in [-0.05, 0) is 37.6 Å². The molecule has 0 unspecified atom stereocenters. The third kappa shape index (κ3) is 3.16. The van der Waals surface area contributed by atoms with E-state index in [0.717, 1.165) is 24.9 Å². The van der Waals surface area contributed by atoms with Crippen molar-refractivity contribution in [3.8, 4) is 0 Å². The van der Waals surface area contributed by atoms with E-state index >= 15 is 0 Å². The molecule has 2 rings (SSSR count). The maximum absolute atomic E-state index is 12.1. The van der Waals surface area contributed by atoms with Crippen LogP contribution in [0.4, 0.5) is 0 Å². The molecule has 1 aromatic carbocycles. The second-order valence-corrected chi connectivity index (χ2v) is 4.88. The fourth-order valence-electron chi connectivity index (χ4n) is 2.01. The minimum atomic E-state index is -0.293. The van der Waals surface area contributed by atoms with Crippen LogP contribution in [-0.2, 0) is 10.2 Å². The molecule has 0 aliphatic heterocycles. The van der Waals surface area contributed by atoms with E-state index in [1.807, 2.05) is 31.3 Å². The van der Waals surface area contributed by atoms with Crippen LogP contribution in [0.5, 0.6) is 0 Å². The molecule has 0 aromatic heterocycles. The Balaban J connectivity index is 0.00000162. The minimum absolute atomic E-state index is 0. The van der Waals surface area contributed by atoms with Crippen LogP contribution in [-0.4, -0.2) is 26.0 Å². The SMILES string of the molecule is CNCCNC(=O)C1(c2ccc(Cl)cc2)CC1.Cl. The molecule has 3 nitrogen and oxygen atoms in total. The molecule has 18 heavy (non-hydrogen) atoms. The smallest absolute Gasteiger partial charge is 0.230 e. The average Bonchev–Trinajstić information content (AvgIpc) is 3.11. The maximum atomic E-state index is 12.1. The molecule has 0 radical (unpaired) electrons. The van der Waals surface area contributed by atoms with Gasteiger partial charge in [-0.2, -0.15) is 0 Å². The summed E-state index contributed by atoms with van der Waals surface area (Å²) in [5.41, 5.74) is 0.780. The van der Waals surface area contributed by atoms with Crippen molar-refractivity contribution in [3.05, 3.63) is 34.9 Å². The topological polar surface area (TPSA) is 41.1 Å². The normalized spacial score (nSPS) is 15.7. The fraction of sp³-hybridized carbons (Fsp3) is 0.462. The monoisotopic (exact) mass is 288 g/mol. The number of nitrogens with one attached hydrogen (secondary N) is 2. The molecule has 5 heteroatoms. The quantitative estimate of drug-likeness (QED) is 0.815. The van der Waals surface area contributed by atoms with E-state index in [2.05, 4.69) is 10.6 Å². The lowest BCUT2D eigenvalue weighted by atomic mass is 9.95. The second kappa shape index (κ2) is 6.41. The lowest BCUT2D eigenvalue weighted by Crippen LogP contribution is -2.38. The summed E-state index contributed by atoms with van der Waals surface area (Å²) in [4.78, 5) is 12.1. The summed E-state index contributed by atoms with van der Waals surface area (Å²) in [6.45, 7) is 1.47. The lowest BCUT2D eigenvalue weighted by Gasteiger charge is -2.15. The molecule has 0 saturated heterocycles. The van der Waals surface area contributed by atoms with Crippen molar-refractivity contribution in [2.24, 2.45) is 0 Å². The maximum Gasteiger partial charge on any atom is 0.230 e. The summed E-state index contributed by atoms with van der Waals surface area (Å²) in [5.74, 6) is 0.134. The van der Waals surface area contributed by atoms with Crippen LogP contribution in [0.3, 0.4) is 0 Å². The van der Waals surface area contributed by atoms with Gasteiger partial charge in [-0.1, -0.05) is 23.7 Å². The summed E-state index contributed by atoms with van der Waals surface area (Å²) >= 11 is 5.86. The number of carbonyl (C=O) groups is 1. The first-order chi connectivity index (χ1) is 8.19. The molecule has 2 N–H and O–H groups in total. The highest BCUT2D eigenvalue weighted by Crippen LogP contribution is 2.48. The Hall–Kier alpha value is -0.770. The molecule has 1 aromatic rings. The minimum Gasteiger partial charge on any atom is -0.354 e. The number of hydrogen-bond acceptors (Lipinski definition) is 2. The first kappa shape index (κ1) is 15.3. The summed E-state index contributed by atoms with van der Waals surface area (Å²) in [5, 5.41) is 6.68. The highest BCUT2D eigenvalue weighted by atomic mass is 35.5. The van der Waals surface area contributed by atoms with Crippen molar-refractivity contribution in [3.63, 3.8) is 0 Å². The Morgan fingerprint density at radius 1 is 1.28 bits per heavy atom. The Morgan fingerprint density at radius 3 is 2.39 bits per heavy atom. The van der Waals surface area contributed by atoms with Gasteiger partial charge in [0.15, 0.2) is 0 Å². The Bertz CT molecular complexity index is 402. The van der Waals surface area contributed by atoms with Gasteiger partial charge in [0.2, 0.25) is 5.91 Å². The van der Waals surface area contributed by atoms with Gasteiger partial charge in [0.05, 0.1) is 5.41 Å². The molecule has 1 amide bonds. The molecule has 0 bridgehead atoms. The number of halogens is 2. The van der Waals surface area contributed by atoms with Crippen LogP contribution in [0.25, 0.3) is 0 Å². The van der Waals surface area contributed by atoms with Crippen molar-refractivity contribution in [1.29, 1.82) is 0 Å². The predicted octanol–water partition coefficient (Wildman–Crippen LogP) is 2.13. The number of likely N-dealkylation sites (N-methyl/N-ethyl adjacent to an activating group) is 1. The molecule has 100 valence electrons. The van der Waals surface area contributed by atoms with E-state index in [9.17, 15) is 4.79 Å². The first-order valence-corrected chi connectivity index (χ1v) is 6.26. The van der Waals surface area contributed by atoms with E-state index in [-0.39, 0.29) is 23.7 Å². The summed E-state index contributed by atoms with van der Waals surface area (Å²) in [7, 11) is 1.87. The zero-order valence-electron chi connectivity index (χ0n) is 10.3. The molecule has 0 atom stereocenters. The third-order valence-corrected chi connectivity index (χ3v) is 3.49. The number of hydrogen-bond donors (Lipinski definition) is 2. The van der Waals surface area contributed by atoms with Crippen molar-refractivity contribution in [2.45, 2.75) is 18.3 Å². The van der Waals surface area contributed by atoms with Crippen molar-refractivity contribution >= 4 is 29.9 Å². The highest BCUT2D eigenvalue weighted by Gasteiger charge is 2.50. The van der Waals surface area contributed by atoms with Crippen LogP contribution >= 0.6 is 24.0 Å². The zero-order valence-corrected chi connectivity index (χ0v) is 11.9. The molecule has 0 spiro atoms. The fourth-order valence-corrected chi connectivity index (χ4v) is 2.14. The Morgan fingerprint density at radius 2 is 1.89 bits per heavy atom. The standard InChI is InChI=1S/C13H17ClN2O.ClH/c1-15-8-9-16-12(17)13(6-7-13)10-2-4-11(14)5-3-10;/h2-5,15H,6-9H2,1H3,(H,16,17);1H. The van der Waals surface area contributed by atoms with Gasteiger partial charge in [0, 0.05) is 18.1 Å². The van der Waals surface area contributed by atoms with Crippen molar-refractivity contribution < 1.29 is 4.79 Å². The van der Waals surface area contributed by atoms with Crippen molar-refractivity contribution in [2.75, 3.05) is 20.1 Å².